The Balaban J connectivity index is 0.000000595. The minimum atomic E-state index is -0.462. The predicted molar refractivity (Wildman–Crippen MR) is 85.6 cm³/mol. The largest absolute Gasteiger partial charge is 0.493 e. The van der Waals surface area contributed by atoms with Crippen LogP contribution in [0.4, 0.5) is 0 Å². The third kappa shape index (κ3) is 3.12. The molecule has 0 saturated carbocycles. The summed E-state index contributed by atoms with van der Waals surface area (Å²) in [5.41, 5.74) is 0.276. The maximum absolute atomic E-state index is 12.1. The molecule has 2 heterocycles. The van der Waals surface area contributed by atoms with E-state index in [2.05, 4.69) is 4.99 Å². The van der Waals surface area contributed by atoms with Crippen LogP contribution in [0.1, 0.15) is 4.88 Å². The molecular formula is C13H6Cl2N2O4S2. The number of nitrogens with zero attached hydrogens (tertiary/aromatic N) is 2. The molecule has 1 aromatic carbocycles. The van der Waals surface area contributed by atoms with Gasteiger partial charge in [-0.05, 0) is 24.4 Å². The van der Waals surface area contributed by atoms with Crippen molar-refractivity contribution in [3.05, 3.63) is 41.6 Å². The lowest BCUT2D eigenvalue weighted by Crippen LogP contribution is -2.24. The van der Waals surface area contributed by atoms with Crippen molar-refractivity contribution in [1.82, 2.24) is 4.57 Å². The number of carbonyl (C=O) groups excluding carboxylic acids is 3. The molecule has 0 atom stereocenters. The Labute approximate surface area is 147 Å². The van der Waals surface area contributed by atoms with Crippen molar-refractivity contribution in [1.29, 1.82) is 0 Å². The van der Waals surface area contributed by atoms with Gasteiger partial charge in [-0.25, -0.2) is 4.99 Å². The first-order valence-corrected chi connectivity index (χ1v) is 7.80. The van der Waals surface area contributed by atoms with Gasteiger partial charge in [-0.15, -0.1) is 11.3 Å². The van der Waals surface area contributed by atoms with Crippen LogP contribution in [-0.2, 0) is 21.4 Å². The lowest BCUT2D eigenvalue weighted by atomic mass is 10.1. The summed E-state index contributed by atoms with van der Waals surface area (Å²) in [6.07, 6.45) is 0.250. The average Bonchev–Trinajstić information content (AvgIpc) is 2.91. The second kappa shape index (κ2) is 6.74. The summed E-state index contributed by atoms with van der Waals surface area (Å²) in [4.78, 5) is 32.7. The van der Waals surface area contributed by atoms with E-state index in [1.165, 1.54) is 10.6 Å². The second-order valence-corrected chi connectivity index (χ2v) is 6.73. The van der Waals surface area contributed by atoms with E-state index >= 15 is 0 Å². The van der Waals surface area contributed by atoms with E-state index in [0.29, 0.717) is 29.5 Å². The van der Waals surface area contributed by atoms with Gasteiger partial charge >= 0.3 is 6.15 Å². The lowest BCUT2D eigenvalue weighted by molar-refractivity contribution is -0.191. The monoisotopic (exact) mass is 388 g/mol. The number of hydrogen-bond acceptors (Lipinski definition) is 6. The fourth-order valence-electron chi connectivity index (χ4n) is 1.97. The zero-order valence-electron chi connectivity index (χ0n) is 11.3. The molecule has 1 aliphatic rings. The van der Waals surface area contributed by atoms with Gasteiger partial charge in [0.05, 0.1) is 16.0 Å². The second-order valence-electron chi connectivity index (χ2n) is 4.24. The molecule has 1 aromatic heterocycles. The first-order chi connectivity index (χ1) is 10.8. The van der Waals surface area contributed by atoms with Crippen LogP contribution in [0.3, 0.4) is 0 Å². The maximum Gasteiger partial charge on any atom is 0.373 e. The van der Waals surface area contributed by atoms with Crippen LogP contribution in [0.2, 0.25) is 10.0 Å². The topological polar surface area (TPSA) is 88.7 Å². The molecule has 2 aromatic rings. The van der Waals surface area contributed by atoms with Crippen LogP contribution in [-0.4, -0.2) is 21.7 Å². The predicted octanol–water partition coefficient (Wildman–Crippen LogP) is 1.60. The molecule has 0 aliphatic carbocycles. The number of aromatic nitrogens is 1. The van der Waals surface area contributed by atoms with E-state index in [4.69, 9.17) is 45.0 Å². The van der Waals surface area contributed by atoms with E-state index in [-0.39, 0.29) is 17.6 Å². The molecule has 0 spiro atoms. The highest BCUT2D eigenvalue weighted by Gasteiger charge is 2.25. The third-order valence-corrected chi connectivity index (χ3v) is 5.01. The van der Waals surface area contributed by atoms with Crippen molar-refractivity contribution < 1.29 is 19.5 Å². The van der Waals surface area contributed by atoms with Crippen molar-refractivity contribution >= 4 is 64.4 Å². The Kier molecular flexibility index (Phi) is 5.13. The first kappa shape index (κ1) is 17.5. The standard InChI is InChI=1S/C12H6Cl2N2O2S2.CO2/c1-16-11(18)9(20-12(16)19)7-5-2-4(13)3-6(14)8(5)15-10(7)17;2-1-3/h2-3,18H,1H3;. The van der Waals surface area contributed by atoms with Crippen molar-refractivity contribution in [3.8, 4) is 5.88 Å². The van der Waals surface area contributed by atoms with Crippen LogP contribution in [0.15, 0.2) is 17.1 Å². The van der Waals surface area contributed by atoms with Gasteiger partial charge in [0, 0.05) is 17.3 Å². The highest BCUT2D eigenvalue weighted by Crippen LogP contribution is 2.31. The van der Waals surface area contributed by atoms with Crippen LogP contribution in [0.25, 0.3) is 5.57 Å². The van der Waals surface area contributed by atoms with Gasteiger partial charge in [-0.1, -0.05) is 23.2 Å². The Morgan fingerprint density at radius 1 is 1.35 bits per heavy atom. The number of hydrogen-bond donors (Lipinski definition) is 1. The van der Waals surface area contributed by atoms with Gasteiger partial charge < -0.3 is 5.11 Å². The van der Waals surface area contributed by atoms with E-state index in [1.807, 2.05) is 0 Å². The number of rotatable bonds is 1. The molecule has 6 nitrogen and oxygen atoms in total. The van der Waals surface area contributed by atoms with E-state index in [0.717, 1.165) is 11.3 Å². The molecule has 0 unspecified atom stereocenters. The number of aromatic hydroxyl groups is 1. The van der Waals surface area contributed by atoms with Gasteiger partial charge in [0.2, 0.25) is 5.88 Å². The lowest BCUT2D eigenvalue weighted by Gasteiger charge is -1.99. The summed E-state index contributed by atoms with van der Waals surface area (Å²) < 4.78 is 1.89. The SMILES string of the molecule is Cn1c(O)c(C2=c3cc(Cl)cc(Cl)c3=NC2=O)sc1=S.O=C=O. The minimum Gasteiger partial charge on any atom is -0.493 e. The molecule has 23 heavy (non-hydrogen) atoms. The molecule has 1 N–H and O–H groups in total. The van der Waals surface area contributed by atoms with E-state index in [1.54, 1.807) is 13.1 Å². The zero-order chi connectivity index (χ0) is 17.3. The van der Waals surface area contributed by atoms with Crippen LogP contribution < -0.4 is 10.6 Å². The van der Waals surface area contributed by atoms with Gasteiger partial charge in [0.15, 0.2) is 3.95 Å². The molecule has 0 fully saturated rings. The Morgan fingerprint density at radius 3 is 2.48 bits per heavy atom. The molecule has 3 rings (SSSR count). The zero-order valence-corrected chi connectivity index (χ0v) is 14.4. The average molecular weight is 389 g/mol. The fraction of sp³-hybridized carbons (Fsp3) is 0.0769. The third-order valence-electron chi connectivity index (χ3n) is 2.94. The number of carbonyl (C=O) groups is 1. The normalized spacial score (nSPS) is 12.1. The fourth-order valence-corrected chi connectivity index (χ4v) is 3.76. The Morgan fingerprint density at radius 2 is 1.96 bits per heavy atom. The maximum atomic E-state index is 12.1. The molecule has 0 bridgehead atoms. The van der Waals surface area contributed by atoms with Crippen LogP contribution in [0, 0.1) is 3.95 Å². The molecule has 1 aliphatic heterocycles. The van der Waals surface area contributed by atoms with E-state index < -0.39 is 5.91 Å². The first-order valence-electron chi connectivity index (χ1n) is 5.82. The number of benzene rings is 1. The van der Waals surface area contributed by atoms with Gasteiger partial charge in [-0.2, -0.15) is 9.59 Å². The van der Waals surface area contributed by atoms with Gasteiger partial charge in [-0.3, -0.25) is 9.36 Å². The van der Waals surface area contributed by atoms with Crippen LogP contribution in [0.5, 0.6) is 5.88 Å². The summed E-state index contributed by atoms with van der Waals surface area (Å²) in [5.74, 6) is -0.529. The Bertz CT molecular complexity index is 1030. The molecule has 10 heteroatoms. The highest BCUT2D eigenvalue weighted by molar-refractivity contribution is 7.73. The summed E-state index contributed by atoms with van der Waals surface area (Å²) in [6.45, 7) is 0. The molecule has 0 saturated heterocycles. The molecule has 1 amide bonds. The summed E-state index contributed by atoms with van der Waals surface area (Å²) >= 11 is 18.3. The van der Waals surface area contributed by atoms with Gasteiger partial charge in [0.1, 0.15) is 4.88 Å². The molecule has 0 radical (unpaired) electrons. The van der Waals surface area contributed by atoms with Crippen LogP contribution >= 0.6 is 46.8 Å². The number of thiazole rings is 1. The number of amides is 1. The summed E-state index contributed by atoms with van der Waals surface area (Å²) in [5, 5.41) is 11.7. The van der Waals surface area contributed by atoms with Gasteiger partial charge in [0.25, 0.3) is 5.91 Å². The molecular weight excluding hydrogens is 383 g/mol. The molecule has 118 valence electrons. The Hall–Kier alpha value is -1.83. The smallest absolute Gasteiger partial charge is 0.373 e. The minimum absolute atomic E-state index is 0.0671. The number of halogens is 2. The summed E-state index contributed by atoms with van der Waals surface area (Å²) in [7, 11) is 1.63. The summed E-state index contributed by atoms with van der Waals surface area (Å²) in [6, 6.07) is 3.13. The van der Waals surface area contributed by atoms with Crippen molar-refractivity contribution in [2.24, 2.45) is 12.0 Å². The van der Waals surface area contributed by atoms with Crippen molar-refractivity contribution in [2.45, 2.75) is 0 Å². The highest BCUT2D eigenvalue weighted by atomic mass is 35.5. The van der Waals surface area contributed by atoms with Crippen molar-refractivity contribution in [3.63, 3.8) is 0 Å². The van der Waals surface area contributed by atoms with E-state index in [9.17, 15) is 9.90 Å². The number of fused-ring (bicyclic) bond motifs is 1. The van der Waals surface area contributed by atoms with Crippen molar-refractivity contribution in [2.75, 3.05) is 0 Å². The quantitative estimate of drug-likeness (QED) is 0.749.